The van der Waals surface area contributed by atoms with Crippen molar-refractivity contribution in [1.82, 2.24) is 20.2 Å². The molecule has 1 fully saturated rings. The second kappa shape index (κ2) is 10.7. The van der Waals surface area contributed by atoms with Gasteiger partial charge in [0.25, 0.3) is 0 Å². The minimum absolute atomic E-state index is 0.00406. The van der Waals surface area contributed by atoms with Crippen LogP contribution in [-0.4, -0.2) is 63.5 Å². The molecule has 1 saturated heterocycles. The van der Waals surface area contributed by atoms with Crippen LogP contribution in [0.1, 0.15) is 48.5 Å². The number of aliphatic hydroxyl groups excluding tert-OH is 2. The third-order valence-corrected chi connectivity index (χ3v) is 5.80. The summed E-state index contributed by atoms with van der Waals surface area (Å²) in [4.78, 5) is 23.5. The Morgan fingerprint density at radius 1 is 1.29 bits per heavy atom. The number of carbonyl (C=O) groups is 1. The fourth-order valence-corrected chi connectivity index (χ4v) is 3.96. The van der Waals surface area contributed by atoms with E-state index in [0.29, 0.717) is 24.1 Å². The monoisotopic (exact) mass is 447 g/mol. The summed E-state index contributed by atoms with van der Waals surface area (Å²) in [6, 6.07) is 6.31. The topological polar surface area (TPSA) is 111 Å². The molecule has 0 aliphatic carbocycles. The predicted molar refractivity (Wildman–Crippen MR) is 120 cm³/mol. The molecule has 1 aromatic carbocycles. The van der Waals surface area contributed by atoms with E-state index >= 15 is 0 Å². The van der Waals surface area contributed by atoms with E-state index in [9.17, 15) is 15.0 Å². The molecule has 0 saturated carbocycles. The van der Waals surface area contributed by atoms with Gasteiger partial charge in [0.2, 0.25) is 5.95 Å². The number of aryl methyl sites for hydroxylation is 1. The van der Waals surface area contributed by atoms with Crippen LogP contribution >= 0.6 is 11.6 Å². The SMILES string of the molecule is Cc1cnc(NC(C)CO)nc1C1CCN(C(=O)N[C@H](CO)c2cccc(Cl)c2)CC1. The molecular weight excluding hydrogens is 418 g/mol. The van der Waals surface area contributed by atoms with Crippen molar-refractivity contribution in [2.75, 3.05) is 31.6 Å². The van der Waals surface area contributed by atoms with Gasteiger partial charge in [-0.05, 0) is 49.9 Å². The Morgan fingerprint density at radius 2 is 2.03 bits per heavy atom. The maximum absolute atomic E-state index is 12.8. The Balaban J connectivity index is 1.60. The number of rotatable bonds is 7. The summed E-state index contributed by atoms with van der Waals surface area (Å²) in [5.41, 5.74) is 2.77. The van der Waals surface area contributed by atoms with Crippen LogP contribution in [0.4, 0.5) is 10.7 Å². The summed E-state index contributed by atoms with van der Waals surface area (Å²) in [6.07, 6.45) is 3.38. The van der Waals surface area contributed by atoms with Crippen LogP contribution < -0.4 is 10.6 Å². The molecule has 1 aliphatic rings. The molecule has 0 spiro atoms. The lowest BCUT2D eigenvalue weighted by atomic mass is 9.91. The number of urea groups is 1. The number of hydrogen-bond donors (Lipinski definition) is 4. The first kappa shape index (κ1) is 23.2. The van der Waals surface area contributed by atoms with Crippen molar-refractivity contribution in [2.24, 2.45) is 0 Å². The lowest BCUT2D eigenvalue weighted by Crippen LogP contribution is -2.46. The van der Waals surface area contributed by atoms with E-state index in [4.69, 9.17) is 11.6 Å². The molecule has 0 bridgehead atoms. The van der Waals surface area contributed by atoms with Gasteiger partial charge in [-0.25, -0.2) is 14.8 Å². The van der Waals surface area contributed by atoms with Crippen LogP contribution in [0.25, 0.3) is 0 Å². The number of piperidine rings is 1. The average Bonchev–Trinajstić information content (AvgIpc) is 2.78. The van der Waals surface area contributed by atoms with Crippen molar-refractivity contribution in [3.05, 3.63) is 52.3 Å². The summed E-state index contributed by atoms with van der Waals surface area (Å²) in [7, 11) is 0. The van der Waals surface area contributed by atoms with Crippen LogP contribution in [0.2, 0.25) is 5.02 Å². The summed E-state index contributed by atoms with van der Waals surface area (Å²) in [5.74, 6) is 0.744. The maximum atomic E-state index is 12.8. The molecule has 8 nitrogen and oxygen atoms in total. The van der Waals surface area contributed by atoms with Crippen LogP contribution in [0.15, 0.2) is 30.5 Å². The van der Waals surface area contributed by atoms with Gasteiger partial charge in [0.15, 0.2) is 0 Å². The van der Waals surface area contributed by atoms with Crippen molar-refractivity contribution in [3.8, 4) is 0 Å². The van der Waals surface area contributed by atoms with Crippen LogP contribution in [0, 0.1) is 6.92 Å². The van der Waals surface area contributed by atoms with Gasteiger partial charge >= 0.3 is 6.03 Å². The molecule has 168 valence electrons. The maximum Gasteiger partial charge on any atom is 0.317 e. The normalized spacial score (nSPS) is 16.6. The first-order valence-electron chi connectivity index (χ1n) is 10.5. The van der Waals surface area contributed by atoms with E-state index in [1.165, 1.54) is 0 Å². The highest BCUT2D eigenvalue weighted by Gasteiger charge is 2.27. The molecule has 1 unspecified atom stereocenters. The van der Waals surface area contributed by atoms with E-state index in [1.807, 2.05) is 19.9 Å². The quantitative estimate of drug-likeness (QED) is 0.519. The molecule has 2 atom stereocenters. The summed E-state index contributed by atoms with van der Waals surface area (Å²) in [5, 5.41) is 25.5. The molecule has 2 heterocycles. The summed E-state index contributed by atoms with van der Waals surface area (Å²) >= 11 is 6.03. The fraction of sp³-hybridized carbons (Fsp3) is 0.500. The van der Waals surface area contributed by atoms with Crippen molar-refractivity contribution in [3.63, 3.8) is 0 Å². The number of anilines is 1. The molecule has 9 heteroatoms. The van der Waals surface area contributed by atoms with Crippen LogP contribution in [0.5, 0.6) is 0 Å². The minimum Gasteiger partial charge on any atom is -0.394 e. The molecular formula is C22H30ClN5O3. The van der Waals surface area contributed by atoms with E-state index in [-0.39, 0.29) is 31.2 Å². The molecule has 3 rings (SSSR count). The highest BCUT2D eigenvalue weighted by atomic mass is 35.5. The third-order valence-electron chi connectivity index (χ3n) is 5.56. The van der Waals surface area contributed by atoms with E-state index < -0.39 is 6.04 Å². The van der Waals surface area contributed by atoms with Gasteiger partial charge in [0, 0.05) is 36.3 Å². The first-order valence-corrected chi connectivity index (χ1v) is 10.9. The van der Waals surface area contributed by atoms with E-state index in [1.54, 1.807) is 29.3 Å². The number of likely N-dealkylation sites (tertiary alicyclic amines) is 1. The Bertz CT molecular complexity index is 889. The number of aliphatic hydroxyl groups is 2. The summed E-state index contributed by atoms with van der Waals surface area (Å²) < 4.78 is 0. The lowest BCUT2D eigenvalue weighted by Gasteiger charge is -2.33. The van der Waals surface area contributed by atoms with Crippen LogP contribution in [-0.2, 0) is 0 Å². The van der Waals surface area contributed by atoms with Crippen molar-refractivity contribution in [1.29, 1.82) is 0 Å². The number of amides is 2. The Kier molecular flexibility index (Phi) is 8.06. The first-order chi connectivity index (χ1) is 14.9. The van der Waals surface area contributed by atoms with Gasteiger partial charge in [-0.15, -0.1) is 0 Å². The average molecular weight is 448 g/mol. The lowest BCUT2D eigenvalue weighted by molar-refractivity contribution is 0.168. The van der Waals surface area contributed by atoms with Gasteiger partial charge in [0.1, 0.15) is 0 Å². The van der Waals surface area contributed by atoms with Gasteiger partial charge in [-0.3, -0.25) is 0 Å². The molecule has 0 radical (unpaired) electrons. The number of aromatic nitrogens is 2. The number of hydrogen-bond acceptors (Lipinski definition) is 6. The third kappa shape index (κ3) is 6.06. The predicted octanol–water partition coefficient (Wildman–Crippen LogP) is 2.85. The van der Waals surface area contributed by atoms with Crippen molar-refractivity contribution >= 4 is 23.6 Å². The number of nitrogens with one attached hydrogen (secondary N) is 2. The summed E-state index contributed by atoms with van der Waals surface area (Å²) in [6.45, 7) is 4.86. The molecule has 1 aromatic heterocycles. The van der Waals surface area contributed by atoms with Crippen LogP contribution in [0.3, 0.4) is 0 Å². The number of halogens is 1. The van der Waals surface area contributed by atoms with Gasteiger partial charge < -0.3 is 25.7 Å². The van der Waals surface area contributed by atoms with Crippen molar-refractivity contribution < 1.29 is 15.0 Å². The second-order valence-electron chi connectivity index (χ2n) is 7.99. The molecule has 1 aliphatic heterocycles. The van der Waals surface area contributed by atoms with Gasteiger partial charge in [-0.2, -0.15) is 0 Å². The molecule has 2 amide bonds. The zero-order chi connectivity index (χ0) is 22.4. The Morgan fingerprint density at radius 3 is 2.68 bits per heavy atom. The molecule has 31 heavy (non-hydrogen) atoms. The second-order valence-corrected chi connectivity index (χ2v) is 8.43. The highest BCUT2D eigenvalue weighted by molar-refractivity contribution is 6.30. The Hall–Kier alpha value is -2.42. The number of benzene rings is 1. The standard InChI is InChI=1S/C22H30ClN5O3/c1-14-11-24-21(25-15(2)12-29)27-20(14)16-6-8-28(9-7-16)22(31)26-19(13-30)17-4-3-5-18(23)10-17/h3-5,10-11,15-16,19,29-30H,6-9,12-13H2,1-2H3,(H,26,31)(H,24,25,27)/t15?,19-/m1/s1. The highest BCUT2D eigenvalue weighted by Crippen LogP contribution is 2.29. The van der Waals surface area contributed by atoms with E-state index in [0.717, 1.165) is 29.7 Å². The van der Waals surface area contributed by atoms with Gasteiger partial charge in [0.05, 0.1) is 24.9 Å². The van der Waals surface area contributed by atoms with Gasteiger partial charge in [-0.1, -0.05) is 23.7 Å². The van der Waals surface area contributed by atoms with E-state index in [2.05, 4.69) is 20.6 Å². The molecule has 4 N–H and O–H groups in total. The minimum atomic E-state index is -0.504. The smallest absolute Gasteiger partial charge is 0.317 e. The number of nitrogens with zero attached hydrogens (tertiary/aromatic N) is 3. The Labute approximate surface area is 187 Å². The zero-order valence-corrected chi connectivity index (χ0v) is 18.6. The number of carbonyl (C=O) groups excluding carboxylic acids is 1. The largest absolute Gasteiger partial charge is 0.394 e. The van der Waals surface area contributed by atoms with Crippen molar-refractivity contribution in [2.45, 2.75) is 44.7 Å². The molecule has 2 aromatic rings. The zero-order valence-electron chi connectivity index (χ0n) is 17.9. The fourth-order valence-electron chi connectivity index (χ4n) is 3.76.